The predicted molar refractivity (Wildman–Crippen MR) is 95.2 cm³/mol. The van der Waals surface area contributed by atoms with Crippen LogP contribution in [-0.2, 0) is 6.42 Å². The summed E-state index contributed by atoms with van der Waals surface area (Å²) in [6, 6.07) is 0.361. The molecule has 1 saturated carbocycles. The minimum atomic E-state index is 0.0966. The van der Waals surface area contributed by atoms with Gasteiger partial charge in [0.1, 0.15) is 4.88 Å². The van der Waals surface area contributed by atoms with E-state index >= 15 is 0 Å². The third kappa shape index (κ3) is 4.77. The van der Waals surface area contributed by atoms with E-state index < -0.39 is 0 Å². The van der Waals surface area contributed by atoms with Gasteiger partial charge in [-0.3, -0.25) is 4.79 Å². The van der Waals surface area contributed by atoms with Crippen molar-refractivity contribution in [3.05, 3.63) is 15.6 Å². The molecule has 1 aromatic heterocycles. The lowest BCUT2D eigenvalue weighted by atomic mass is 10.1. The fourth-order valence-corrected chi connectivity index (χ4v) is 4.66. The summed E-state index contributed by atoms with van der Waals surface area (Å²) in [5.41, 5.74) is 0.901. The van der Waals surface area contributed by atoms with E-state index in [1.54, 1.807) is 11.3 Å². The number of aryl methyl sites for hydroxylation is 1. The van der Waals surface area contributed by atoms with Crippen molar-refractivity contribution in [2.45, 2.75) is 70.8 Å². The summed E-state index contributed by atoms with van der Waals surface area (Å²) >= 11 is 1.59. The molecule has 128 valence electrons. The van der Waals surface area contributed by atoms with E-state index in [4.69, 9.17) is 0 Å². The van der Waals surface area contributed by atoms with Gasteiger partial charge in [0, 0.05) is 19.0 Å². The molecule has 0 aromatic carbocycles. The fraction of sp³-hybridized carbons (Fsp3) is 0.778. The number of hydrogen-bond acceptors (Lipinski definition) is 4. The first kappa shape index (κ1) is 16.9. The molecule has 2 heterocycles. The Bertz CT molecular complexity index is 514. The Kier molecular flexibility index (Phi) is 6.06. The molecule has 0 spiro atoms. The molecule has 1 amide bonds. The van der Waals surface area contributed by atoms with Gasteiger partial charge < -0.3 is 10.2 Å². The predicted octanol–water partition coefficient (Wildman–Crippen LogP) is 3.54. The molecule has 23 heavy (non-hydrogen) atoms. The van der Waals surface area contributed by atoms with Gasteiger partial charge in [-0.2, -0.15) is 0 Å². The maximum Gasteiger partial charge on any atom is 0.263 e. The van der Waals surface area contributed by atoms with Crippen molar-refractivity contribution in [3.8, 4) is 0 Å². The van der Waals surface area contributed by atoms with Crippen LogP contribution in [0.5, 0.6) is 0 Å². The number of likely N-dealkylation sites (tertiary alicyclic amines) is 1. The van der Waals surface area contributed by atoms with E-state index in [1.165, 1.54) is 51.6 Å². The summed E-state index contributed by atoms with van der Waals surface area (Å²) in [6.07, 6.45) is 11.0. The molecular weight excluding hydrogens is 306 g/mol. The second-order valence-corrected chi connectivity index (χ2v) is 8.07. The van der Waals surface area contributed by atoms with Crippen molar-refractivity contribution in [3.63, 3.8) is 0 Å². The zero-order valence-electron chi connectivity index (χ0n) is 14.3. The van der Waals surface area contributed by atoms with Crippen LogP contribution in [0.2, 0.25) is 0 Å². The lowest BCUT2D eigenvalue weighted by Crippen LogP contribution is -2.34. The van der Waals surface area contributed by atoms with E-state index in [0.29, 0.717) is 6.04 Å². The van der Waals surface area contributed by atoms with Crippen LogP contribution in [0.15, 0.2) is 0 Å². The molecule has 1 saturated heterocycles. The smallest absolute Gasteiger partial charge is 0.263 e. The van der Waals surface area contributed by atoms with Gasteiger partial charge in [-0.1, -0.05) is 25.7 Å². The minimum Gasteiger partial charge on any atom is -0.349 e. The molecule has 0 unspecified atom stereocenters. The van der Waals surface area contributed by atoms with Gasteiger partial charge >= 0.3 is 0 Å². The maximum absolute atomic E-state index is 12.6. The van der Waals surface area contributed by atoms with Crippen molar-refractivity contribution in [2.24, 2.45) is 0 Å². The second-order valence-electron chi connectivity index (χ2n) is 6.98. The molecule has 2 aliphatic rings. The first-order valence-electron chi connectivity index (χ1n) is 9.22. The highest BCUT2D eigenvalue weighted by atomic mass is 32.1. The van der Waals surface area contributed by atoms with Gasteiger partial charge in [-0.25, -0.2) is 4.98 Å². The number of carbonyl (C=O) groups excluding carboxylic acids is 1. The molecule has 0 bridgehead atoms. The molecule has 1 aliphatic heterocycles. The van der Waals surface area contributed by atoms with Gasteiger partial charge in [0.05, 0.1) is 10.7 Å². The molecule has 3 rings (SSSR count). The Balaban J connectivity index is 1.54. The summed E-state index contributed by atoms with van der Waals surface area (Å²) in [6.45, 7) is 5.49. The Morgan fingerprint density at radius 2 is 1.87 bits per heavy atom. The van der Waals surface area contributed by atoms with Crippen molar-refractivity contribution < 1.29 is 4.79 Å². The SMILES string of the molecule is Cc1nc(CCN2CCCC2)sc1C(=O)NC1CCCCCC1. The Morgan fingerprint density at radius 1 is 1.17 bits per heavy atom. The van der Waals surface area contributed by atoms with Crippen LogP contribution in [0.1, 0.15) is 71.7 Å². The normalized spacial score (nSPS) is 20.6. The average Bonchev–Trinajstić information content (AvgIpc) is 3.10. The number of thiazole rings is 1. The third-order valence-corrected chi connectivity index (χ3v) is 6.29. The van der Waals surface area contributed by atoms with E-state index in [1.807, 2.05) is 6.92 Å². The molecule has 5 heteroatoms. The molecule has 0 atom stereocenters. The average molecular weight is 336 g/mol. The Morgan fingerprint density at radius 3 is 2.57 bits per heavy atom. The highest BCUT2D eigenvalue weighted by molar-refractivity contribution is 7.13. The fourth-order valence-electron chi connectivity index (χ4n) is 3.70. The van der Waals surface area contributed by atoms with Crippen LogP contribution >= 0.6 is 11.3 Å². The lowest BCUT2D eigenvalue weighted by Gasteiger charge is -2.15. The topological polar surface area (TPSA) is 45.2 Å². The molecule has 1 N–H and O–H groups in total. The summed E-state index contributed by atoms with van der Waals surface area (Å²) < 4.78 is 0. The number of carbonyl (C=O) groups is 1. The number of amides is 1. The largest absolute Gasteiger partial charge is 0.349 e. The standard InChI is InChI=1S/C18H29N3OS/c1-14-17(18(22)20-15-8-4-2-3-5-9-15)23-16(19-14)10-13-21-11-6-7-12-21/h15H,2-13H2,1H3,(H,20,22). The van der Waals surface area contributed by atoms with Gasteiger partial charge in [0.15, 0.2) is 0 Å². The van der Waals surface area contributed by atoms with Crippen molar-refractivity contribution in [2.75, 3.05) is 19.6 Å². The van der Waals surface area contributed by atoms with E-state index in [-0.39, 0.29) is 5.91 Å². The number of nitrogens with zero attached hydrogens (tertiary/aromatic N) is 2. The van der Waals surface area contributed by atoms with Crippen LogP contribution in [0.3, 0.4) is 0 Å². The molecule has 1 aromatic rings. The number of rotatable bonds is 5. The van der Waals surface area contributed by atoms with Gasteiger partial charge in [-0.05, 0) is 45.7 Å². The number of hydrogen-bond donors (Lipinski definition) is 1. The third-order valence-electron chi connectivity index (χ3n) is 5.08. The summed E-state index contributed by atoms with van der Waals surface area (Å²) in [4.78, 5) is 20.5. The minimum absolute atomic E-state index is 0.0966. The van der Waals surface area contributed by atoms with Crippen LogP contribution in [0.25, 0.3) is 0 Å². The Hall–Kier alpha value is -0.940. The van der Waals surface area contributed by atoms with Crippen LogP contribution in [0, 0.1) is 6.92 Å². The lowest BCUT2D eigenvalue weighted by molar-refractivity contribution is 0.0936. The zero-order valence-corrected chi connectivity index (χ0v) is 15.1. The van der Waals surface area contributed by atoms with Crippen LogP contribution in [-0.4, -0.2) is 41.5 Å². The highest BCUT2D eigenvalue weighted by Gasteiger charge is 2.20. The van der Waals surface area contributed by atoms with Crippen LogP contribution in [0.4, 0.5) is 0 Å². The van der Waals surface area contributed by atoms with Crippen LogP contribution < -0.4 is 5.32 Å². The van der Waals surface area contributed by atoms with Crippen molar-refractivity contribution >= 4 is 17.2 Å². The first-order chi connectivity index (χ1) is 11.2. The van der Waals surface area contributed by atoms with Gasteiger partial charge in [-0.15, -0.1) is 11.3 Å². The summed E-state index contributed by atoms with van der Waals surface area (Å²) in [5.74, 6) is 0.0966. The quantitative estimate of drug-likeness (QED) is 0.837. The summed E-state index contributed by atoms with van der Waals surface area (Å²) in [7, 11) is 0. The molecular formula is C18H29N3OS. The monoisotopic (exact) mass is 335 g/mol. The number of aromatic nitrogens is 1. The van der Waals surface area contributed by atoms with Crippen molar-refractivity contribution in [1.29, 1.82) is 0 Å². The van der Waals surface area contributed by atoms with E-state index in [0.717, 1.165) is 41.4 Å². The maximum atomic E-state index is 12.6. The molecule has 0 radical (unpaired) electrons. The Labute approximate surface area is 143 Å². The van der Waals surface area contributed by atoms with Gasteiger partial charge in [0.2, 0.25) is 0 Å². The molecule has 1 aliphatic carbocycles. The summed E-state index contributed by atoms with van der Waals surface area (Å²) in [5, 5.41) is 4.36. The highest BCUT2D eigenvalue weighted by Crippen LogP contribution is 2.22. The van der Waals surface area contributed by atoms with Gasteiger partial charge in [0.25, 0.3) is 5.91 Å². The zero-order chi connectivity index (χ0) is 16.1. The van der Waals surface area contributed by atoms with E-state index in [2.05, 4.69) is 15.2 Å². The van der Waals surface area contributed by atoms with E-state index in [9.17, 15) is 4.79 Å². The second kappa shape index (κ2) is 8.25. The molecule has 2 fully saturated rings. The molecule has 4 nitrogen and oxygen atoms in total. The first-order valence-corrected chi connectivity index (χ1v) is 10.0. The number of nitrogens with one attached hydrogen (secondary N) is 1. The van der Waals surface area contributed by atoms with Crippen molar-refractivity contribution in [1.82, 2.24) is 15.2 Å².